The molecule has 102 valence electrons. The van der Waals surface area contributed by atoms with Crippen LogP contribution in [0.25, 0.3) is 16.8 Å². The third-order valence-corrected chi connectivity index (χ3v) is 4.45. The lowest BCUT2D eigenvalue weighted by Crippen LogP contribution is -2.18. The maximum absolute atomic E-state index is 12.6. The van der Waals surface area contributed by atoms with E-state index in [0.717, 1.165) is 29.6 Å². The van der Waals surface area contributed by atoms with Crippen LogP contribution in [0, 0.1) is 5.92 Å². The Hall–Kier alpha value is -2.41. The van der Waals surface area contributed by atoms with Gasteiger partial charge in [-0.25, -0.2) is 0 Å². The fraction of sp³-hybridized carbons (Fsp3) is 0.150. The molecule has 0 amide bonds. The molecule has 2 aromatic rings. The van der Waals surface area contributed by atoms with Crippen molar-refractivity contribution in [3.63, 3.8) is 0 Å². The first-order chi connectivity index (χ1) is 10.3. The molecular weight excluding hydrogens is 256 g/mol. The summed E-state index contributed by atoms with van der Waals surface area (Å²) in [6.07, 6.45) is 10.1. The van der Waals surface area contributed by atoms with Crippen LogP contribution in [0.3, 0.4) is 0 Å². The summed E-state index contributed by atoms with van der Waals surface area (Å²) in [5, 5.41) is 2.43. The molecule has 0 aliphatic heterocycles. The van der Waals surface area contributed by atoms with Crippen molar-refractivity contribution in [1.29, 1.82) is 0 Å². The molecule has 1 unspecified atom stereocenters. The van der Waals surface area contributed by atoms with Gasteiger partial charge in [0.1, 0.15) is 0 Å². The molecule has 4 rings (SSSR count). The smallest absolute Gasteiger partial charge is 0.185 e. The summed E-state index contributed by atoms with van der Waals surface area (Å²) in [4.78, 5) is 12.6. The standard InChI is InChI=1S/C20H16O/c21-20-17(12-11-15-7-4-10-19(15)20)13-16-8-3-6-14-5-1-2-9-18(14)16/h1-10,13,15H,11-12H2/b17-13+. The van der Waals surface area contributed by atoms with Crippen LogP contribution < -0.4 is 0 Å². The highest BCUT2D eigenvalue weighted by molar-refractivity contribution is 6.13. The number of carbonyl (C=O) groups excluding carboxylic acids is 1. The number of carbonyl (C=O) groups is 1. The third kappa shape index (κ3) is 2.06. The molecule has 2 aliphatic rings. The van der Waals surface area contributed by atoms with Crippen LogP contribution >= 0.6 is 0 Å². The van der Waals surface area contributed by atoms with E-state index in [1.165, 1.54) is 10.8 Å². The van der Waals surface area contributed by atoms with Crippen LogP contribution in [-0.4, -0.2) is 5.78 Å². The van der Waals surface area contributed by atoms with Gasteiger partial charge in [0.25, 0.3) is 0 Å². The SMILES string of the molecule is O=C1C2=CC=CC2CC/C1=C\c1cccc2ccccc12. The minimum Gasteiger partial charge on any atom is -0.289 e. The highest BCUT2D eigenvalue weighted by Gasteiger charge is 2.29. The molecule has 0 saturated heterocycles. The average molecular weight is 272 g/mol. The van der Waals surface area contributed by atoms with E-state index in [1.54, 1.807) is 0 Å². The maximum atomic E-state index is 12.6. The molecule has 21 heavy (non-hydrogen) atoms. The average Bonchev–Trinajstić information content (AvgIpc) is 3.00. The van der Waals surface area contributed by atoms with Crippen molar-refractivity contribution in [2.75, 3.05) is 0 Å². The number of benzene rings is 2. The summed E-state index contributed by atoms with van der Waals surface area (Å²) in [7, 11) is 0. The van der Waals surface area contributed by atoms with Gasteiger partial charge in [0.15, 0.2) is 5.78 Å². The van der Waals surface area contributed by atoms with Gasteiger partial charge in [0.05, 0.1) is 0 Å². The van der Waals surface area contributed by atoms with Gasteiger partial charge in [-0.3, -0.25) is 4.79 Å². The van der Waals surface area contributed by atoms with Crippen molar-refractivity contribution in [2.45, 2.75) is 12.8 Å². The number of hydrogen-bond acceptors (Lipinski definition) is 1. The van der Waals surface area contributed by atoms with Crippen molar-refractivity contribution in [3.05, 3.63) is 77.4 Å². The highest BCUT2D eigenvalue weighted by Crippen LogP contribution is 2.35. The molecule has 0 N–H and O–H groups in total. The molecule has 2 aromatic carbocycles. The first kappa shape index (κ1) is 12.3. The van der Waals surface area contributed by atoms with Gasteiger partial charge in [-0.05, 0) is 35.3 Å². The van der Waals surface area contributed by atoms with Crippen molar-refractivity contribution in [2.24, 2.45) is 5.92 Å². The Morgan fingerprint density at radius 2 is 1.90 bits per heavy atom. The molecule has 0 bridgehead atoms. The Kier molecular flexibility index (Phi) is 2.85. The van der Waals surface area contributed by atoms with Gasteiger partial charge in [-0.15, -0.1) is 0 Å². The summed E-state index contributed by atoms with van der Waals surface area (Å²) in [5.41, 5.74) is 3.05. The molecule has 1 saturated carbocycles. The molecule has 1 nitrogen and oxygen atoms in total. The zero-order valence-electron chi connectivity index (χ0n) is 11.8. The van der Waals surface area contributed by atoms with Crippen LogP contribution in [0.1, 0.15) is 18.4 Å². The van der Waals surface area contributed by atoms with Crippen molar-refractivity contribution in [1.82, 2.24) is 0 Å². The molecule has 1 heteroatoms. The minimum absolute atomic E-state index is 0.226. The fourth-order valence-corrected chi connectivity index (χ4v) is 3.33. The number of allylic oxidation sites excluding steroid dienone is 5. The Labute approximate surface area is 124 Å². The van der Waals surface area contributed by atoms with E-state index in [-0.39, 0.29) is 5.78 Å². The van der Waals surface area contributed by atoms with Crippen molar-refractivity contribution >= 4 is 22.6 Å². The Balaban J connectivity index is 1.78. The van der Waals surface area contributed by atoms with Gasteiger partial charge in [0, 0.05) is 17.1 Å². The lowest BCUT2D eigenvalue weighted by molar-refractivity contribution is -0.113. The van der Waals surface area contributed by atoms with Crippen LogP contribution in [0.2, 0.25) is 0 Å². The summed E-state index contributed by atoms with van der Waals surface area (Å²) in [5.74, 6) is 0.575. The Bertz CT molecular complexity index is 815. The second-order valence-corrected chi connectivity index (χ2v) is 5.72. The van der Waals surface area contributed by atoms with Crippen molar-refractivity contribution < 1.29 is 4.79 Å². The molecular formula is C20H16O. The normalized spacial score (nSPS) is 22.7. The number of Topliss-reactive ketones (excluding diaryl/α,β-unsaturated/α-hetero) is 1. The first-order valence-electron chi connectivity index (χ1n) is 7.44. The third-order valence-electron chi connectivity index (χ3n) is 4.45. The van der Waals surface area contributed by atoms with Crippen LogP contribution in [0.4, 0.5) is 0 Å². The van der Waals surface area contributed by atoms with Gasteiger partial charge in [-0.2, -0.15) is 0 Å². The molecule has 2 aliphatic carbocycles. The molecule has 1 atom stereocenters. The van der Waals surface area contributed by atoms with E-state index in [4.69, 9.17) is 0 Å². The number of ketones is 1. The lowest BCUT2D eigenvalue weighted by Gasteiger charge is -2.21. The molecule has 0 spiro atoms. The zero-order chi connectivity index (χ0) is 14.2. The first-order valence-corrected chi connectivity index (χ1v) is 7.44. The quantitative estimate of drug-likeness (QED) is 0.688. The predicted octanol–water partition coefficient (Wildman–Crippen LogP) is 4.70. The number of hydrogen-bond donors (Lipinski definition) is 0. The largest absolute Gasteiger partial charge is 0.289 e. The van der Waals surface area contributed by atoms with E-state index >= 15 is 0 Å². The topological polar surface area (TPSA) is 17.1 Å². The lowest BCUT2D eigenvalue weighted by atomic mass is 9.81. The summed E-state index contributed by atoms with van der Waals surface area (Å²) >= 11 is 0. The van der Waals surface area contributed by atoms with Crippen LogP contribution in [0.5, 0.6) is 0 Å². The van der Waals surface area contributed by atoms with Crippen LogP contribution in [-0.2, 0) is 4.79 Å². The monoisotopic (exact) mass is 272 g/mol. The molecule has 0 radical (unpaired) electrons. The van der Waals surface area contributed by atoms with E-state index in [9.17, 15) is 4.79 Å². The fourth-order valence-electron chi connectivity index (χ4n) is 3.33. The molecule has 0 aromatic heterocycles. The van der Waals surface area contributed by atoms with Crippen molar-refractivity contribution in [3.8, 4) is 0 Å². The van der Waals surface area contributed by atoms with Crippen LogP contribution in [0.15, 0.2) is 71.8 Å². The summed E-state index contributed by atoms with van der Waals surface area (Å²) < 4.78 is 0. The number of fused-ring (bicyclic) bond motifs is 2. The maximum Gasteiger partial charge on any atom is 0.185 e. The van der Waals surface area contributed by atoms with E-state index in [0.29, 0.717) is 5.92 Å². The summed E-state index contributed by atoms with van der Waals surface area (Å²) in [6, 6.07) is 14.6. The van der Waals surface area contributed by atoms with Gasteiger partial charge >= 0.3 is 0 Å². The zero-order valence-corrected chi connectivity index (χ0v) is 11.8. The van der Waals surface area contributed by atoms with Gasteiger partial charge < -0.3 is 0 Å². The highest BCUT2D eigenvalue weighted by atomic mass is 16.1. The predicted molar refractivity (Wildman–Crippen MR) is 86.9 cm³/mol. The van der Waals surface area contributed by atoms with Gasteiger partial charge in [-0.1, -0.05) is 60.7 Å². The number of rotatable bonds is 1. The van der Waals surface area contributed by atoms with E-state index in [2.05, 4.69) is 42.5 Å². The summed E-state index contributed by atoms with van der Waals surface area (Å²) in [6.45, 7) is 0. The van der Waals surface area contributed by atoms with E-state index in [1.807, 2.05) is 24.3 Å². The minimum atomic E-state index is 0.226. The Morgan fingerprint density at radius 1 is 1.05 bits per heavy atom. The second kappa shape index (κ2) is 4.85. The van der Waals surface area contributed by atoms with E-state index < -0.39 is 0 Å². The second-order valence-electron chi connectivity index (χ2n) is 5.72. The Morgan fingerprint density at radius 3 is 2.86 bits per heavy atom. The molecule has 0 heterocycles. The van der Waals surface area contributed by atoms with Gasteiger partial charge in [0.2, 0.25) is 0 Å². The molecule has 1 fully saturated rings.